The third-order valence-corrected chi connectivity index (χ3v) is 5.19. The molecule has 118 valence electrons. The molecule has 3 rings (SSSR count). The molecule has 1 nitrogen and oxygen atoms in total. The van der Waals surface area contributed by atoms with Crippen LogP contribution in [-0.2, 0) is 10.2 Å². The second kappa shape index (κ2) is 6.16. The van der Waals surface area contributed by atoms with E-state index in [1.807, 2.05) is 18.2 Å². The van der Waals surface area contributed by atoms with E-state index in [1.165, 1.54) is 16.7 Å². The van der Waals surface area contributed by atoms with Crippen molar-refractivity contribution >= 4 is 11.9 Å². The predicted molar refractivity (Wildman–Crippen MR) is 96.5 cm³/mol. The van der Waals surface area contributed by atoms with E-state index in [-0.39, 0.29) is 11.2 Å². The van der Waals surface area contributed by atoms with Crippen molar-refractivity contribution in [3.8, 4) is 0 Å². The van der Waals surface area contributed by atoms with Crippen LogP contribution < -0.4 is 0 Å². The van der Waals surface area contributed by atoms with Crippen LogP contribution in [0.2, 0.25) is 0 Å². The Labute approximate surface area is 139 Å². The van der Waals surface area contributed by atoms with E-state index < -0.39 is 0 Å². The molecule has 0 spiro atoms. The zero-order valence-corrected chi connectivity index (χ0v) is 14.2. The van der Waals surface area contributed by atoms with Crippen LogP contribution in [0.3, 0.4) is 0 Å². The summed E-state index contributed by atoms with van der Waals surface area (Å²) in [6.07, 6.45) is 5.01. The number of aryl methyl sites for hydroxylation is 2. The lowest BCUT2D eigenvalue weighted by Crippen LogP contribution is -2.37. The molecule has 1 aliphatic carbocycles. The fraction of sp³-hybridized carbons (Fsp3) is 0.318. The van der Waals surface area contributed by atoms with E-state index in [0.29, 0.717) is 0 Å². The number of hydrogen-bond donors (Lipinski definition) is 0. The van der Waals surface area contributed by atoms with Gasteiger partial charge >= 0.3 is 0 Å². The number of allylic oxidation sites excluding steroid dienone is 1. The molecule has 0 radical (unpaired) electrons. The molecule has 1 saturated carbocycles. The van der Waals surface area contributed by atoms with Gasteiger partial charge in [-0.05, 0) is 73.9 Å². The molecule has 0 saturated heterocycles. The molecule has 1 unspecified atom stereocenters. The van der Waals surface area contributed by atoms with Gasteiger partial charge in [0.25, 0.3) is 0 Å². The van der Waals surface area contributed by atoms with Gasteiger partial charge in [-0.15, -0.1) is 0 Å². The van der Waals surface area contributed by atoms with Gasteiger partial charge in [-0.3, -0.25) is 4.79 Å². The van der Waals surface area contributed by atoms with Crippen LogP contribution in [0.15, 0.2) is 54.1 Å². The van der Waals surface area contributed by atoms with Crippen LogP contribution in [-0.4, -0.2) is 5.78 Å². The predicted octanol–water partition coefficient (Wildman–Crippen LogP) is 5.40. The van der Waals surface area contributed by atoms with E-state index in [9.17, 15) is 4.79 Å². The summed E-state index contributed by atoms with van der Waals surface area (Å²) in [5, 5.41) is 0. The normalized spacial score (nSPS) is 23.3. The van der Waals surface area contributed by atoms with Crippen molar-refractivity contribution in [1.29, 1.82) is 0 Å². The van der Waals surface area contributed by atoms with Crippen molar-refractivity contribution in [2.75, 3.05) is 0 Å². The van der Waals surface area contributed by atoms with Gasteiger partial charge in [0.15, 0.2) is 5.78 Å². The summed E-state index contributed by atoms with van der Waals surface area (Å²) in [5.74, 6) is 0.289. The number of hydrogen-bond acceptors (Lipinski definition) is 1. The largest absolute Gasteiger partial charge is 0.294 e. The Morgan fingerprint density at radius 2 is 1.61 bits per heavy atom. The van der Waals surface area contributed by atoms with E-state index in [1.54, 1.807) is 0 Å². The van der Waals surface area contributed by atoms with Crippen molar-refractivity contribution in [2.24, 2.45) is 0 Å². The average Bonchev–Trinajstić information content (AvgIpc) is 2.56. The van der Waals surface area contributed by atoms with Crippen LogP contribution in [0.25, 0.3) is 6.08 Å². The first-order valence-electron chi connectivity index (χ1n) is 8.39. The zero-order valence-electron chi connectivity index (χ0n) is 14.2. The smallest absolute Gasteiger partial charge is 0.169 e. The number of benzene rings is 2. The number of carbonyl (C=O) groups is 1. The molecule has 0 bridgehead atoms. The molecule has 0 N–H and O–H groups in total. The van der Waals surface area contributed by atoms with Gasteiger partial charge < -0.3 is 0 Å². The van der Waals surface area contributed by atoms with Crippen LogP contribution in [0.4, 0.5) is 0 Å². The number of Topliss-reactive ketones (excluding diaryl/α,β-unsaturated/α-hetero) is 1. The highest BCUT2D eigenvalue weighted by molar-refractivity contribution is 6.07. The quantitative estimate of drug-likeness (QED) is 0.679. The maximum atomic E-state index is 13.2. The minimum Gasteiger partial charge on any atom is -0.294 e. The first-order valence-corrected chi connectivity index (χ1v) is 8.39. The molecule has 1 aliphatic rings. The lowest BCUT2D eigenvalue weighted by molar-refractivity contribution is -0.121. The average molecular weight is 304 g/mol. The number of rotatable bonds is 2. The van der Waals surface area contributed by atoms with E-state index in [0.717, 1.165) is 30.4 Å². The fourth-order valence-electron chi connectivity index (χ4n) is 3.66. The first kappa shape index (κ1) is 15.7. The Kier molecular flexibility index (Phi) is 4.21. The fourth-order valence-corrected chi connectivity index (χ4v) is 3.66. The molecule has 0 amide bonds. The number of ketones is 1. The Bertz CT molecular complexity index is 735. The Hall–Kier alpha value is -2.15. The lowest BCUT2D eigenvalue weighted by Gasteiger charge is -2.34. The second-order valence-corrected chi connectivity index (χ2v) is 6.86. The third kappa shape index (κ3) is 2.88. The first-order chi connectivity index (χ1) is 11.0. The van der Waals surface area contributed by atoms with Crippen molar-refractivity contribution in [2.45, 2.75) is 45.4 Å². The molecule has 0 aliphatic heterocycles. The summed E-state index contributed by atoms with van der Waals surface area (Å²) < 4.78 is 0. The van der Waals surface area contributed by atoms with Crippen molar-refractivity contribution in [3.05, 3.63) is 76.4 Å². The van der Waals surface area contributed by atoms with Crippen LogP contribution >= 0.6 is 0 Å². The van der Waals surface area contributed by atoms with Crippen LogP contribution in [0.5, 0.6) is 0 Å². The highest BCUT2D eigenvalue weighted by atomic mass is 16.1. The minimum atomic E-state index is -0.387. The van der Waals surface area contributed by atoms with Gasteiger partial charge in [-0.2, -0.15) is 0 Å². The van der Waals surface area contributed by atoms with E-state index in [2.05, 4.69) is 57.2 Å². The maximum absolute atomic E-state index is 13.2. The summed E-state index contributed by atoms with van der Waals surface area (Å²) in [5.41, 5.74) is 5.39. The van der Waals surface area contributed by atoms with E-state index in [4.69, 9.17) is 0 Å². The topological polar surface area (TPSA) is 17.1 Å². The zero-order chi connectivity index (χ0) is 16.4. The van der Waals surface area contributed by atoms with Crippen molar-refractivity contribution < 1.29 is 4.79 Å². The van der Waals surface area contributed by atoms with Gasteiger partial charge in [0.05, 0.1) is 5.41 Å². The molecule has 1 atom stereocenters. The molecule has 2 aromatic carbocycles. The van der Waals surface area contributed by atoms with Crippen molar-refractivity contribution in [3.63, 3.8) is 0 Å². The summed E-state index contributed by atoms with van der Waals surface area (Å²) >= 11 is 0. The van der Waals surface area contributed by atoms with Crippen LogP contribution in [0, 0.1) is 13.8 Å². The molecular formula is C22H24O. The Balaban J connectivity index is 2.02. The van der Waals surface area contributed by atoms with Crippen LogP contribution in [0.1, 0.15) is 48.4 Å². The highest BCUT2D eigenvalue weighted by Crippen LogP contribution is 2.39. The Morgan fingerprint density at radius 3 is 2.26 bits per heavy atom. The summed E-state index contributed by atoms with van der Waals surface area (Å²) in [6, 6.07) is 16.5. The number of carbonyl (C=O) groups excluding carboxylic acids is 1. The van der Waals surface area contributed by atoms with Gasteiger partial charge in [0, 0.05) is 0 Å². The van der Waals surface area contributed by atoms with Gasteiger partial charge in [0.2, 0.25) is 0 Å². The standard InChI is InChI=1S/C22H24O/c1-16-9-7-10-17(2)20(16)15-18-11-8-14-22(3,21(18)23)19-12-5-4-6-13-19/h4-7,9-10,12-13,15H,8,11,14H2,1-3H3/b18-15+. The summed E-state index contributed by atoms with van der Waals surface area (Å²) in [7, 11) is 0. The molecule has 0 heterocycles. The van der Waals surface area contributed by atoms with Gasteiger partial charge in [-0.1, -0.05) is 48.5 Å². The maximum Gasteiger partial charge on any atom is 0.169 e. The molecule has 1 heteroatoms. The van der Waals surface area contributed by atoms with Gasteiger partial charge in [0.1, 0.15) is 0 Å². The van der Waals surface area contributed by atoms with Crippen molar-refractivity contribution in [1.82, 2.24) is 0 Å². The molecular weight excluding hydrogens is 280 g/mol. The SMILES string of the molecule is Cc1cccc(C)c1/C=C1\CCCC(C)(c2ccccc2)C1=O. The summed E-state index contributed by atoms with van der Waals surface area (Å²) in [6.45, 7) is 6.33. The lowest BCUT2D eigenvalue weighted by atomic mass is 9.68. The molecule has 23 heavy (non-hydrogen) atoms. The van der Waals surface area contributed by atoms with Gasteiger partial charge in [-0.25, -0.2) is 0 Å². The minimum absolute atomic E-state index is 0.289. The Morgan fingerprint density at radius 1 is 0.957 bits per heavy atom. The second-order valence-electron chi connectivity index (χ2n) is 6.86. The molecule has 1 fully saturated rings. The highest BCUT2D eigenvalue weighted by Gasteiger charge is 2.39. The molecule has 2 aromatic rings. The summed E-state index contributed by atoms with van der Waals surface area (Å²) in [4.78, 5) is 13.2. The third-order valence-electron chi connectivity index (χ3n) is 5.19. The monoisotopic (exact) mass is 304 g/mol. The molecule has 0 aromatic heterocycles. The van der Waals surface area contributed by atoms with E-state index >= 15 is 0 Å².